The van der Waals surface area contributed by atoms with Crippen LogP contribution in [0.5, 0.6) is 0 Å². The summed E-state index contributed by atoms with van der Waals surface area (Å²) < 4.78 is 25.4. The Morgan fingerprint density at radius 1 is 1.26 bits per heavy atom. The van der Waals surface area contributed by atoms with E-state index in [1.807, 2.05) is 6.92 Å². The minimum atomic E-state index is -2.83. The van der Waals surface area contributed by atoms with Gasteiger partial charge in [0.2, 0.25) is 0 Å². The van der Waals surface area contributed by atoms with Gasteiger partial charge in [0.15, 0.2) is 15.8 Å². The van der Waals surface area contributed by atoms with Gasteiger partial charge in [0.05, 0.1) is 11.5 Å². The molecule has 1 aliphatic rings. The fourth-order valence-corrected chi connectivity index (χ4v) is 5.22. The van der Waals surface area contributed by atoms with Crippen LogP contribution in [0.1, 0.15) is 19.8 Å². The summed E-state index contributed by atoms with van der Waals surface area (Å²) in [4.78, 5) is 4.57. The highest BCUT2D eigenvalue weighted by atomic mass is 127. The smallest absolute Gasteiger partial charge is 0.191 e. The molecule has 1 unspecified atom stereocenters. The Hall–Kier alpha value is -1.29. The van der Waals surface area contributed by atoms with E-state index in [0.29, 0.717) is 12.3 Å². The number of aryl methyl sites for hydroxylation is 1. The fraction of sp³-hybridized carbons (Fsp3) is 0.526. The molecule has 1 atom stereocenters. The number of aromatic nitrogens is 1. The largest absolute Gasteiger partial charge is 0.357 e. The average Bonchev–Trinajstić information content (AvgIpc) is 3.19. The molecule has 0 radical (unpaired) electrons. The molecule has 0 spiro atoms. The number of nitrogens with one attached hydrogen (secondary N) is 2. The topological polar surface area (TPSA) is 75.5 Å². The SMILES string of the molecule is CCNC(=NCC1CCS(=O)(=O)C1)NCCCn1ccc2ccccc21.I. The molecular weight excluding hydrogens is 475 g/mol. The Morgan fingerprint density at radius 2 is 2.07 bits per heavy atom. The first-order chi connectivity index (χ1) is 12.6. The van der Waals surface area contributed by atoms with E-state index < -0.39 is 9.84 Å². The lowest BCUT2D eigenvalue weighted by atomic mass is 10.1. The maximum Gasteiger partial charge on any atom is 0.191 e. The normalized spacial score (nSPS) is 19.0. The van der Waals surface area contributed by atoms with E-state index in [2.05, 4.69) is 56.7 Å². The number of sulfone groups is 1. The number of nitrogens with zero attached hydrogens (tertiary/aromatic N) is 2. The minimum absolute atomic E-state index is 0. The van der Waals surface area contributed by atoms with Crippen LogP contribution in [0.2, 0.25) is 0 Å². The highest BCUT2D eigenvalue weighted by Crippen LogP contribution is 2.18. The molecule has 2 aromatic rings. The van der Waals surface area contributed by atoms with E-state index in [0.717, 1.165) is 38.4 Å². The lowest BCUT2D eigenvalue weighted by Gasteiger charge is -2.13. The molecule has 150 valence electrons. The van der Waals surface area contributed by atoms with Gasteiger partial charge >= 0.3 is 0 Å². The van der Waals surface area contributed by atoms with Crippen LogP contribution in [-0.4, -0.2) is 50.1 Å². The molecule has 0 saturated carbocycles. The molecular formula is C19H29IN4O2S. The van der Waals surface area contributed by atoms with E-state index >= 15 is 0 Å². The van der Waals surface area contributed by atoms with Gasteiger partial charge in [-0.15, -0.1) is 24.0 Å². The molecule has 27 heavy (non-hydrogen) atoms. The van der Waals surface area contributed by atoms with Crippen LogP contribution in [0.3, 0.4) is 0 Å². The first-order valence-corrected chi connectivity index (χ1v) is 11.2. The Labute approximate surface area is 178 Å². The van der Waals surface area contributed by atoms with Crippen molar-refractivity contribution in [3.05, 3.63) is 36.5 Å². The van der Waals surface area contributed by atoms with Gasteiger partial charge in [-0.1, -0.05) is 18.2 Å². The van der Waals surface area contributed by atoms with Crippen LogP contribution in [0.25, 0.3) is 10.9 Å². The van der Waals surface area contributed by atoms with Gasteiger partial charge in [-0.3, -0.25) is 4.99 Å². The second kappa shape index (κ2) is 10.3. The summed E-state index contributed by atoms with van der Waals surface area (Å²) in [5, 5.41) is 7.85. The van der Waals surface area contributed by atoms with Gasteiger partial charge in [0.25, 0.3) is 0 Å². The molecule has 0 bridgehead atoms. The van der Waals surface area contributed by atoms with Crippen molar-refractivity contribution in [2.24, 2.45) is 10.9 Å². The second-order valence-electron chi connectivity index (χ2n) is 6.84. The first kappa shape index (κ1) is 22.0. The van der Waals surface area contributed by atoms with Crippen LogP contribution in [0, 0.1) is 5.92 Å². The van der Waals surface area contributed by atoms with E-state index in [9.17, 15) is 8.42 Å². The second-order valence-corrected chi connectivity index (χ2v) is 9.07. The van der Waals surface area contributed by atoms with Gasteiger partial charge < -0.3 is 15.2 Å². The van der Waals surface area contributed by atoms with Crippen molar-refractivity contribution < 1.29 is 8.42 Å². The van der Waals surface area contributed by atoms with Gasteiger partial charge in [0, 0.05) is 37.9 Å². The molecule has 8 heteroatoms. The van der Waals surface area contributed by atoms with Crippen LogP contribution < -0.4 is 10.6 Å². The molecule has 1 saturated heterocycles. The highest BCUT2D eigenvalue weighted by Gasteiger charge is 2.27. The van der Waals surface area contributed by atoms with Crippen molar-refractivity contribution in [3.63, 3.8) is 0 Å². The number of guanidine groups is 1. The molecule has 2 heterocycles. The number of hydrogen-bond acceptors (Lipinski definition) is 3. The molecule has 0 aliphatic carbocycles. The number of benzene rings is 1. The summed E-state index contributed by atoms with van der Waals surface area (Å²) in [6.07, 6.45) is 3.84. The molecule has 1 fully saturated rings. The zero-order valence-electron chi connectivity index (χ0n) is 15.7. The number of rotatable bonds is 7. The fourth-order valence-electron chi connectivity index (χ4n) is 3.37. The molecule has 0 amide bonds. The third-order valence-corrected chi connectivity index (χ3v) is 6.56. The molecule has 2 N–H and O–H groups in total. The van der Waals surface area contributed by atoms with Gasteiger partial charge in [-0.25, -0.2) is 8.42 Å². The lowest BCUT2D eigenvalue weighted by Crippen LogP contribution is -2.38. The molecule has 1 aromatic carbocycles. The Bertz CT molecular complexity index is 863. The zero-order chi connectivity index (χ0) is 18.4. The average molecular weight is 504 g/mol. The van der Waals surface area contributed by atoms with Gasteiger partial charge in [-0.2, -0.15) is 0 Å². The zero-order valence-corrected chi connectivity index (χ0v) is 18.9. The van der Waals surface area contributed by atoms with E-state index in [1.54, 1.807) is 0 Å². The third kappa shape index (κ3) is 6.38. The van der Waals surface area contributed by atoms with E-state index in [4.69, 9.17) is 0 Å². The van der Waals surface area contributed by atoms with Crippen LogP contribution >= 0.6 is 24.0 Å². The Morgan fingerprint density at radius 3 is 2.81 bits per heavy atom. The standard InChI is InChI=1S/C19H28N4O2S.HI/c1-2-20-19(22-14-16-9-13-26(24,25)15-16)21-10-5-11-23-12-8-17-6-3-4-7-18(17)23;/h3-4,6-8,12,16H,2,5,9-11,13-15H2,1H3,(H2,20,21,22);1H. The predicted molar refractivity (Wildman–Crippen MR) is 123 cm³/mol. The van der Waals surface area contributed by atoms with Crippen LogP contribution in [0.15, 0.2) is 41.5 Å². The quantitative estimate of drug-likeness (QED) is 0.263. The molecule has 1 aromatic heterocycles. The molecule has 3 rings (SSSR count). The third-order valence-electron chi connectivity index (χ3n) is 4.73. The summed E-state index contributed by atoms with van der Waals surface area (Å²) >= 11 is 0. The number of fused-ring (bicyclic) bond motifs is 1. The van der Waals surface area contributed by atoms with Crippen molar-refractivity contribution in [2.75, 3.05) is 31.1 Å². The maximum atomic E-state index is 11.5. The monoisotopic (exact) mass is 504 g/mol. The number of hydrogen-bond donors (Lipinski definition) is 2. The summed E-state index contributed by atoms with van der Waals surface area (Å²) in [6.45, 7) is 5.15. The summed E-state index contributed by atoms with van der Waals surface area (Å²) in [5.74, 6) is 1.51. The number of halogens is 1. The van der Waals surface area contributed by atoms with Gasteiger partial charge in [0.1, 0.15) is 0 Å². The highest BCUT2D eigenvalue weighted by molar-refractivity contribution is 14.0. The van der Waals surface area contributed by atoms with Crippen molar-refractivity contribution in [3.8, 4) is 0 Å². The summed E-state index contributed by atoms with van der Waals surface area (Å²) in [5.41, 5.74) is 1.26. The Kier molecular flexibility index (Phi) is 8.40. The molecule has 6 nitrogen and oxygen atoms in total. The van der Waals surface area contributed by atoms with E-state index in [-0.39, 0.29) is 35.6 Å². The van der Waals surface area contributed by atoms with E-state index in [1.165, 1.54) is 10.9 Å². The first-order valence-electron chi connectivity index (χ1n) is 9.34. The minimum Gasteiger partial charge on any atom is -0.357 e. The maximum absolute atomic E-state index is 11.5. The van der Waals surface area contributed by atoms with Crippen molar-refractivity contribution in [1.29, 1.82) is 0 Å². The predicted octanol–water partition coefficient (Wildman–Crippen LogP) is 2.64. The summed E-state index contributed by atoms with van der Waals surface area (Å²) in [7, 11) is -2.83. The molecule has 1 aliphatic heterocycles. The number of para-hydroxylation sites is 1. The Balaban J connectivity index is 0.00000261. The van der Waals surface area contributed by atoms with Crippen LogP contribution in [0.4, 0.5) is 0 Å². The van der Waals surface area contributed by atoms with Crippen LogP contribution in [-0.2, 0) is 16.4 Å². The summed E-state index contributed by atoms with van der Waals surface area (Å²) in [6, 6.07) is 10.5. The van der Waals surface area contributed by atoms with Crippen molar-refractivity contribution >= 4 is 50.7 Å². The van der Waals surface area contributed by atoms with Crippen molar-refractivity contribution in [1.82, 2.24) is 15.2 Å². The number of aliphatic imine (C=N–C) groups is 1. The van der Waals surface area contributed by atoms with Crippen molar-refractivity contribution in [2.45, 2.75) is 26.3 Å². The lowest BCUT2D eigenvalue weighted by molar-refractivity contribution is 0.588. The van der Waals surface area contributed by atoms with Gasteiger partial charge in [-0.05, 0) is 43.2 Å².